The zero-order valence-corrected chi connectivity index (χ0v) is 9.23. The highest BCUT2D eigenvalue weighted by Crippen LogP contribution is 2.15. The molecule has 0 unspecified atom stereocenters. The molecular formula is C12H17O3. The predicted octanol–water partition coefficient (Wildman–Crippen LogP) is 2.22. The molecule has 0 fully saturated rings. The SMILES string of the molecule is CCOCCO[C](OC)c1ccccc1. The highest BCUT2D eigenvalue weighted by atomic mass is 16.7. The van der Waals surface area contributed by atoms with Gasteiger partial charge in [-0.15, -0.1) is 0 Å². The van der Waals surface area contributed by atoms with Crippen LogP contribution in [0.15, 0.2) is 30.3 Å². The largest absolute Gasteiger partial charge is 0.379 e. The summed E-state index contributed by atoms with van der Waals surface area (Å²) in [5.41, 5.74) is 0.941. The second-order valence-corrected chi connectivity index (χ2v) is 2.90. The predicted molar refractivity (Wildman–Crippen MR) is 58.2 cm³/mol. The number of rotatable bonds is 7. The van der Waals surface area contributed by atoms with Gasteiger partial charge in [-0.3, -0.25) is 0 Å². The molecular weight excluding hydrogens is 192 g/mol. The lowest BCUT2D eigenvalue weighted by Crippen LogP contribution is -2.12. The van der Waals surface area contributed by atoms with Crippen LogP contribution in [0.4, 0.5) is 0 Å². The normalized spacial score (nSPS) is 10.9. The van der Waals surface area contributed by atoms with Gasteiger partial charge < -0.3 is 14.2 Å². The van der Waals surface area contributed by atoms with Crippen LogP contribution in [0.2, 0.25) is 0 Å². The van der Waals surface area contributed by atoms with Crippen molar-refractivity contribution in [2.24, 2.45) is 0 Å². The molecule has 3 heteroatoms. The van der Waals surface area contributed by atoms with Crippen LogP contribution in [0.25, 0.3) is 0 Å². The summed E-state index contributed by atoms with van der Waals surface area (Å²) in [7, 11) is 1.60. The summed E-state index contributed by atoms with van der Waals surface area (Å²) in [6.45, 7) is 3.75. The maximum atomic E-state index is 5.45. The molecule has 1 rings (SSSR count). The lowest BCUT2D eigenvalue weighted by Gasteiger charge is -2.14. The molecule has 0 aromatic heterocycles. The summed E-state index contributed by atoms with van der Waals surface area (Å²) in [5.74, 6) is 0. The van der Waals surface area contributed by atoms with E-state index in [1.54, 1.807) is 7.11 Å². The van der Waals surface area contributed by atoms with Crippen molar-refractivity contribution in [1.29, 1.82) is 0 Å². The van der Waals surface area contributed by atoms with Gasteiger partial charge in [0.25, 0.3) is 6.29 Å². The number of hydrogen-bond acceptors (Lipinski definition) is 3. The summed E-state index contributed by atoms with van der Waals surface area (Å²) in [6.07, 6.45) is 0.537. The molecule has 0 amide bonds. The van der Waals surface area contributed by atoms with Gasteiger partial charge in [0.15, 0.2) is 0 Å². The summed E-state index contributed by atoms with van der Waals surface area (Å²) in [6, 6.07) is 9.73. The van der Waals surface area contributed by atoms with E-state index in [1.165, 1.54) is 0 Å². The van der Waals surface area contributed by atoms with E-state index in [0.29, 0.717) is 26.1 Å². The molecule has 1 radical (unpaired) electrons. The van der Waals surface area contributed by atoms with Crippen LogP contribution < -0.4 is 0 Å². The van der Waals surface area contributed by atoms with Crippen molar-refractivity contribution in [3.8, 4) is 0 Å². The average molecular weight is 209 g/mol. The Morgan fingerprint density at radius 3 is 2.47 bits per heavy atom. The summed E-state index contributed by atoms with van der Waals surface area (Å²) in [5, 5.41) is 0. The van der Waals surface area contributed by atoms with Crippen molar-refractivity contribution in [1.82, 2.24) is 0 Å². The van der Waals surface area contributed by atoms with Gasteiger partial charge in [0.05, 0.1) is 13.2 Å². The number of ether oxygens (including phenoxy) is 3. The van der Waals surface area contributed by atoms with Gasteiger partial charge in [-0.05, 0) is 6.92 Å². The van der Waals surface area contributed by atoms with Gasteiger partial charge in [-0.25, -0.2) is 0 Å². The Hall–Kier alpha value is -0.900. The third-order valence-corrected chi connectivity index (χ3v) is 1.86. The first-order valence-electron chi connectivity index (χ1n) is 5.05. The van der Waals surface area contributed by atoms with Crippen LogP contribution in [-0.2, 0) is 14.2 Å². The molecule has 0 bridgehead atoms. The van der Waals surface area contributed by atoms with Crippen molar-refractivity contribution >= 4 is 0 Å². The molecule has 0 N–H and O–H groups in total. The van der Waals surface area contributed by atoms with Crippen molar-refractivity contribution in [3.63, 3.8) is 0 Å². The first-order valence-corrected chi connectivity index (χ1v) is 5.05. The zero-order valence-electron chi connectivity index (χ0n) is 9.23. The third-order valence-electron chi connectivity index (χ3n) is 1.86. The smallest absolute Gasteiger partial charge is 0.255 e. The van der Waals surface area contributed by atoms with Crippen LogP contribution in [0.3, 0.4) is 0 Å². The molecule has 0 aliphatic carbocycles. The van der Waals surface area contributed by atoms with E-state index in [9.17, 15) is 0 Å². The van der Waals surface area contributed by atoms with Crippen LogP contribution in [0.5, 0.6) is 0 Å². The molecule has 83 valence electrons. The van der Waals surface area contributed by atoms with Crippen molar-refractivity contribution in [3.05, 3.63) is 42.2 Å². The monoisotopic (exact) mass is 209 g/mol. The highest BCUT2D eigenvalue weighted by Gasteiger charge is 2.11. The third kappa shape index (κ3) is 4.42. The topological polar surface area (TPSA) is 27.7 Å². The quantitative estimate of drug-likeness (QED) is 0.644. The van der Waals surface area contributed by atoms with Gasteiger partial charge in [0.1, 0.15) is 0 Å². The fourth-order valence-corrected chi connectivity index (χ4v) is 1.17. The van der Waals surface area contributed by atoms with E-state index in [1.807, 2.05) is 37.3 Å². The Bertz CT molecular complexity index is 248. The molecule has 15 heavy (non-hydrogen) atoms. The molecule has 0 saturated heterocycles. The van der Waals surface area contributed by atoms with Gasteiger partial charge >= 0.3 is 0 Å². The molecule has 0 heterocycles. The molecule has 0 spiro atoms. The molecule has 3 nitrogen and oxygen atoms in total. The Morgan fingerprint density at radius 1 is 1.13 bits per heavy atom. The Balaban J connectivity index is 2.36. The van der Waals surface area contributed by atoms with E-state index in [4.69, 9.17) is 14.2 Å². The van der Waals surface area contributed by atoms with Gasteiger partial charge in [-0.1, -0.05) is 30.3 Å². The fourth-order valence-electron chi connectivity index (χ4n) is 1.17. The van der Waals surface area contributed by atoms with Gasteiger partial charge in [-0.2, -0.15) is 0 Å². The first-order chi connectivity index (χ1) is 7.38. The summed E-state index contributed by atoms with van der Waals surface area (Å²) < 4.78 is 15.8. The van der Waals surface area contributed by atoms with Crippen LogP contribution in [0.1, 0.15) is 12.5 Å². The molecule has 1 aromatic carbocycles. The lowest BCUT2D eigenvalue weighted by atomic mass is 10.2. The Morgan fingerprint density at radius 2 is 1.87 bits per heavy atom. The van der Waals surface area contributed by atoms with Crippen molar-refractivity contribution in [2.75, 3.05) is 26.9 Å². The number of hydrogen-bond donors (Lipinski definition) is 0. The molecule has 1 aromatic rings. The fraction of sp³-hybridized carbons (Fsp3) is 0.417. The molecule has 0 aliphatic rings. The minimum absolute atomic E-state index is 0.506. The number of methoxy groups -OCH3 is 1. The Kier molecular flexibility index (Phi) is 6.00. The minimum Gasteiger partial charge on any atom is -0.379 e. The molecule has 0 atom stereocenters. The number of benzene rings is 1. The summed E-state index contributed by atoms with van der Waals surface area (Å²) in [4.78, 5) is 0. The molecule has 0 aliphatic heterocycles. The lowest BCUT2D eigenvalue weighted by molar-refractivity contribution is -0.0254. The second kappa shape index (κ2) is 7.40. The van der Waals surface area contributed by atoms with E-state index in [-0.39, 0.29) is 0 Å². The minimum atomic E-state index is 0.506. The molecule has 0 saturated carbocycles. The van der Waals surface area contributed by atoms with Gasteiger partial charge in [0.2, 0.25) is 0 Å². The first kappa shape index (κ1) is 12.2. The maximum Gasteiger partial charge on any atom is 0.255 e. The zero-order chi connectivity index (χ0) is 10.9. The van der Waals surface area contributed by atoms with E-state index >= 15 is 0 Å². The van der Waals surface area contributed by atoms with Gasteiger partial charge in [0, 0.05) is 19.3 Å². The summed E-state index contributed by atoms with van der Waals surface area (Å²) >= 11 is 0. The van der Waals surface area contributed by atoms with E-state index in [0.717, 1.165) is 5.56 Å². The van der Waals surface area contributed by atoms with Crippen molar-refractivity contribution < 1.29 is 14.2 Å². The maximum absolute atomic E-state index is 5.45. The van der Waals surface area contributed by atoms with E-state index in [2.05, 4.69) is 0 Å². The average Bonchev–Trinajstić information content (AvgIpc) is 2.30. The Labute approximate surface area is 91.0 Å². The van der Waals surface area contributed by atoms with Crippen molar-refractivity contribution in [2.45, 2.75) is 6.92 Å². The standard InChI is InChI=1S/C12H17O3/c1-3-14-9-10-15-12(13-2)11-7-5-4-6-8-11/h4-8H,3,9-10H2,1-2H3. The highest BCUT2D eigenvalue weighted by molar-refractivity contribution is 5.23. The van der Waals surface area contributed by atoms with Crippen LogP contribution >= 0.6 is 0 Å². The van der Waals surface area contributed by atoms with Crippen LogP contribution in [0, 0.1) is 6.29 Å². The van der Waals surface area contributed by atoms with Crippen LogP contribution in [-0.4, -0.2) is 26.9 Å². The van der Waals surface area contributed by atoms with E-state index < -0.39 is 0 Å². The second-order valence-electron chi connectivity index (χ2n) is 2.90.